The average Bonchev–Trinajstić information content (AvgIpc) is 2.46. The molecule has 2 N–H and O–H groups in total. The molecule has 2 atom stereocenters. The van der Waals surface area contributed by atoms with Crippen molar-refractivity contribution in [3.8, 4) is 0 Å². The number of alkyl halides is 1. The van der Waals surface area contributed by atoms with Gasteiger partial charge < -0.3 is 15.4 Å². The Kier molecular flexibility index (Phi) is 4.39. The molecule has 0 aliphatic carbocycles. The van der Waals surface area contributed by atoms with Crippen molar-refractivity contribution in [2.24, 2.45) is 5.73 Å². The molecule has 1 fully saturated rings. The van der Waals surface area contributed by atoms with Crippen LogP contribution in [-0.4, -0.2) is 42.5 Å². The summed E-state index contributed by atoms with van der Waals surface area (Å²) in [4.78, 5) is 25.1. The summed E-state index contributed by atoms with van der Waals surface area (Å²) in [5.41, 5.74) is 5.98. The number of carbonyl (C=O) groups is 2. The lowest BCUT2D eigenvalue weighted by Gasteiger charge is -2.34. The molecule has 6 heteroatoms. The second-order valence-electron chi connectivity index (χ2n) is 4.30. The highest BCUT2D eigenvalue weighted by Crippen LogP contribution is 2.24. The zero-order chi connectivity index (χ0) is 13.8. The lowest BCUT2D eigenvalue weighted by molar-refractivity contribution is -0.146. The molecule has 0 saturated carbocycles. The van der Waals surface area contributed by atoms with E-state index in [-0.39, 0.29) is 12.5 Å². The van der Waals surface area contributed by atoms with Crippen molar-refractivity contribution in [2.75, 3.05) is 19.8 Å². The SMILES string of the molecule is NC(=O)C1COCCN1C(=O)C(Cl)c1ccccc1. The first kappa shape index (κ1) is 13.8. The van der Waals surface area contributed by atoms with Crippen LogP contribution in [0.4, 0.5) is 0 Å². The van der Waals surface area contributed by atoms with E-state index in [0.717, 1.165) is 0 Å². The van der Waals surface area contributed by atoms with Gasteiger partial charge >= 0.3 is 0 Å². The van der Waals surface area contributed by atoms with E-state index in [0.29, 0.717) is 18.7 Å². The van der Waals surface area contributed by atoms with Crippen LogP contribution in [0, 0.1) is 0 Å². The highest BCUT2D eigenvalue weighted by molar-refractivity contribution is 6.30. The van der Waals surface area contributed by atoms with E-state index in [1.807, 2.05) is 18.2 Å². The van der Waals surface area contributed by atoms with E-state index in [1.165, 1.54) is 4.90 Å². The molecule has 0 radical (unpaired) electrons. The smallest absolute Gasteiger partial charge is 0.246 e. The van der Waals surface area contributed by atoms with E-state index in [4.69, 9.17) is 22.1 Å². The third-order valence-electron chi connectivity index (χ3n) is 3.05. The lowest BCUT2D eigenvalue weighted by atomic mass is 10.1. The van der Waals surface area contributed by atoms with Crippen molar-refractivity contribution in [3.05, 3.63) is 35.9 Å². The molecule has 2 unspecified atom stereocenters. The van der Waals surface area contributed by atoms with Gasteiger partial charge in [0, 0.05) is 6.54 Å². The summed E-state index contributed by atoms with van der Waals surface area (Å²) in [6, 6.07) is 8.26. The molecule has 1 saturated heterocycles. The second kappa shape index (κ2) is 6.04. The Morgan fingerprint density at radius 1 is 1.37 bits per heavy atom. The Bertz CT molecular complexity index is 466. The molecule has 0 spiro atoms. The van der Waals surface area contributed by atoms with Gasteiger partial charge in [-0.1, -0.05) is 30.3 Å². The first-order valence-electron chi connectivity index (χ1n) is 5.98. The molecule has 1 aromatic carbocycles. The standard InChI is InChI=1S/C13H15ClN2O3/c14-11(9-4-2-1-3-5-9)13(18)16-6-7-19-8-10(16)12(15)17/h1-5,10-11H,6-8H2,(H2,15,17). The number of hydrogen-bond donors (Lipinski definition) is 1. The van der Waals surface area contributed by atoms with Crippen molar-refractivity contribution in [1.82, 2.24) is 4.90 Å². The Hall–Kier alpha value is -1.59. The monoisotopic (exact) mass is 282 g/mol. The predicted molar refractivity (Wildman–Crippen MR) is 70.6 cm³/mol. The number of hydrogen-bond acceptors (Lipinski definition) is 3. The number of benzene rings is 1. The molecule has 0 aromatic heterocycles. The van der Waals surface area contributed by atoms with Crippen LogP contribution in [-0.2, 0) is 14.3 Å². The normalized spacial score (nSPS) is 20.9. The number of nitrogens with two attached hydrogens (primary N) is 1. The van der Waals surface area contributed by atoms with Crippen LogP contribution in [0.3, 0.4) is 0 Å². The van der Waals surface area contributed by atoms with Crippen LogP contribution < -0.4 is 5.73 Å². The Morgan fingerprint density at radius 3 is 2.68 bits per heavy atom. The van der Waals surface area contributed by atoms with E-state index >= 15 is 0 Å². The Balaban J connectivity index is 2.15. The van der Waals surface area contributed by atoms with Crippen LogP contribution in [0.1, 0.15) is 10.9 Å². The summed E-state index contributed by atoms with van der Waals surface area (Å²) >= 11 is 6.18. The first-order valence-corrected chi connectivity index (χ1v) is 6.41. The number of nitrogens with zero attached hydrogens (tertiary/aromatic N) is 1. The second-order valence-corrected chi connectivity index (χ2v) is 4.73. The summed E-state index contributed by atoms with van der Waals surface area (Å²) in [5, 5.41) is -0.818. The maximum atomic E-state index is 12.3. The van der Waals surface area contributed by atoms with Crippen LogP contribution in [0.25, 0.3) is 0 Å². The minimum atomic E-state index is -0.818. The van der Waals surface area contributed by atoms with Gasteiger partial charge in [0.1, 0.15) is 11.4 Å². The largest absolute Gasteiger partial charge is 0.377 e. The first-order chi connectivity index (χ1) is 9.11. The minimum Gasteiger partial charge on any atom is -0.377 e. The minimum absolute atomic E-state index is 0.124. The van der Waals surface area contributed by atoms with Crippen molar-refractivity contribution >= 4 is 23.4 Å². The van der Waals surface area contributed by atoms with Crippen LogP contribution >= 0.6 is 11.6 Å². The van der Waals surface area contributed by atoms with Crippen molar-refractivity contribution in [2.45, 2.75) is 11.4 Å². The van der Waals surface area contributed by atoms with Crippen LogP contribution in [0.2, 0.25) is 0 Å². The third-order valence-corrected chi connectivity index (χ3v) is 3.49. The van der Waals surface area contributed by atoms with Gasteiger partial charge in [0.05, 0.1) is 13.2 Å². The van der Waals surface area contributed by atoms with Gasteiger partial charge in [-0.3, -0.25) is 9.59 Å². The van der Waals surface area contributed by atoms with Gasteiger partial charge in [-0.25, -0.2) is 0 Å². The molecular weight excluding hydrogens is 268 g/mol. The van der Waals surface area contributed by atoms with E-state index in [1.54, 1.807) is 12.1 Å². The average molecular weight is 283 g/mol. The molecular formula is C13H15ClN2O3. The lowest BCUT2D eigenvalue weighted by Crippen LogP contribution is -2.55. The summed E-state index contributed by atoms with van der Waals surface area (Å²) in [6.45, 7) is 0.829. The molecule has 1 aliphatic rings. The highest BCUT2D eigenvalue weighted by Gasteiger charge is 2.34. The van der Waals surface area contributed by atoms with Crippen LogP contribution in [0.15, 0.2) is 30.3 Å². The maximum Gasteiger partial charge on any atom is 0.246 e. The zero-order valence-electron chi connectivity index (χ0n) is 10.3. The summed E-state index contributed by atoms with van der Waals surface area (Å²) < 4.78 is 5.17. The van der Waals surface area contributed by atoms with Gasteiger partial charge in [0.25, 0.3) is 0 Å². The maximum absolute atomic E-state index is 12.3. The van der Waals surface area contributed by atoms with Gasteiger partial charge in [-0.2, -0.15) is 0 Å². The number of ether oxygens (including phenoxy) is 1. The fourth-order valence-corrected chi connectivity index (χ4v) is 2.28. The van der Waals surface area contributed by atoms with Gasteiger partial charge in [-0.05, 0) is 5.56 Å². The van der Waals surface area contributed by atoms with Gasteiger partial charge in [0.2, 0.25) is 11.8 Å². The molecule has 1 heterocycles. The number of morpholine rings is 1. The van der Waals surface area contributed by atoms with Crippen LogP contribution in [0.5, 0.6) is 0 Å². The molecule has 1 aliphatic heterocycles. The molecule has 19 heavy (non-hydrogen) atoms. The van der Waals surface area contributed by atoms with Gasteiger partial charge in [0.15, 0.2) is 0 Å². The number of primary amides is 1. The molecule has 0 bridgehead atoms. The molecule has 102 valence electrons. The number of rotatable bonds is 3. The molecule has 1 aromatic rings. The zero-order valence-corrected chi connectivity index (χ0v) is 11.0. The number of carbonyl (C=O) groups excluding carboxylic acids is 2. The van der Waals surface area contributed by atoms with Crippen molar-refractivity contribution in [3.63, 3.8) is 0 Å². The third kappa shape index (κ3) is 3.05. The summed E-state index contributed by atoms with van der Waals surface area (Å²) in [6.07, 6.45) is 0. The molecule has 2 rings (SSSR count). The summed E-state index contributed by atoms with van der Waals surface area (Å²) in [7, 11) is 0. The van der Waals surface area contributed by atoms with Crippen molar-refractivity contribution < 1.29 is 14.3 Å². The Morgan fingerprint density at radius 2 is 2.05 bits per heavy atom. The van der Waals surface area contributed by atoms with Gasteiger partial charge in [-0.15, -0.1) is 11.6 Å². The molecule has 5 nitrogen and oxygen atoms in total. The van der Waals surface area contributed by atoms with E-state index in [2.05, 4.69) is 0 Å². The summed E-state index contributed by atoms with van der Waals surface area (Å²) in [5.74, 6) is -0.898. The molecule has 2 amide bonds. The fraction of sp³-hybridized carbons (Fsp3) is 0.385. The Labute approximate surface area is 116 Å². The number of halogens is 1. The fourth-order valence-electron chi connectivity index (χ4n) is 2.01. The topological polar surface area (TPSA) is 72.6 Å². The van der Waals surface area contributed by atoms with E-state index in [9.17, 15) is 9.59 Å². The van der Waals surface area contributed by atoms with E-state index < -0.39 is 17.3 Å². The number of amides is 2. The predicted octanol–water partition coefficient (Wildman–Crippen LogP) is 0.679. The highest BCUT2D eigenvalue weighted by atomic mass is 35.5. The van der Waals surface area contributed by atoms with Crippen molar-refractivity contribution in [1.29, 1.82) is 0 Å². The quantitative estimate of drug-likeness (QED) is 0.829.